The Morgan fingerprint density at radius 1 is 1.16 bits per heavy atom. The van der Waals surface area contributed by atoms with Crippen molar-refractivity contribution in [3.05, 3.63) is 66.1 Å². The first-order valence-corrected chi connectivity index (χ1v) is 11.1. The highest BCUT2D eigenvalue weighted by atomic mass is 19.1. The van der Waals surface area contributed by atoms with E-state index in [-0.39, 0.29) is 23.7 Å². The van der Waals surface area contributed by atoms with Crippen LogP contribution in [0.1, 0.15) is 30.3 Å². The molecule has 7 heteroatoms. The summed E-state index contributed by atoms with van der Waals surface area (Å²) in [6.45, 7) is 3.83. The quantitative estimate of drug-likeness (QED) is 0.617. The van der Waals surface area contributed by atoms with Crippen LogP contribution >= 0.6 is 0 Å². The first-order valence-electron chi connectivity index (χ1n) is 11.1. The number of nitrogens with one attached hydrogen (secondary N) is 1. The normalized spacial score (nSPS) is 22.1. The Hall–Kier alpha value is -3.35. The van der Waals surface area contributed by atoms with E-state index in [1.165, 1.54) is 12.1 Å². The van der Waals surface area contributed by atoms with Crippen LogP contribution in [0.2, 0.25) is 0 Å². The first-order chi connectivity index (χ1) is 15.6. The second-order valence-corrected chi connectivity index (χ2v) is 8.42. The molecule has 0 bridgehead atoms. The van der Waals surface area contributed by atoms with Crippen molar-refractivity contribution >= 4 is 5.91 Å². The number of ether oxygens (including phenoxy) is 2. The number of nitrogens with zero attached hydrogens (tertiary/aromatic N) is 2. The predicted octanol–water partition coefficient (Wildman–Crippen LogP) is 4.54. The number of hydrogen-bond acceptors (Lipinski definition) is 4. The SMILES string of the molecule is CCOc1ccccc1-c1cc(C(=O)N2C[C@@H]3CC[C@H](Oc4cccc(F)c4)[C@@H]3C2)[nH]n1. The largest absolute Gasteiger partial charge is 0.493 e. The van der Waals surface area contributed by atoms with Crippen LogP contribution in [0.4, 0.5) is 4.39 Å². The van der Waals surface area contributed by atoms with Gasteiger partial charge in [-0.3, -0.25) is 9.89 Å². The maximum Gasteiger partial charge on any atom is 0.271 e. The third kappa shape index (κ3) is 3.95. The van der Waals surface area contributed by atoms with Crippen LogP contribution in [0, 0.1) is 17.7 Å². The predicted molar refractivity (Wildman–Crippen MR) is 118 cm³/mol. The van der Waals surface area contributed by atoms with E-state index in [0.717, 1.165) is 24.2 Å². The van der Waals surface area contributed by atoms with Gasteiger partial charge < -0.3 is 14.4 Å². The van der Waals surface area contributed by atoms with Crippen molar-refractivity contribution in [1.29, 1.82) is 0 Å². The number of amides is 1. The summed E-state index contributed by atoms with van der Waals surface area (Å²) >= 11 is 0. The summed E-state index contributed by atoms with van der Waals surface area (Å²) in [4.78, 5) is 15.1. The molecule has 1 saturated carbocycles. The van der Waals surface area contributed by atoms with Crippen molar-refractivity contribution in [1.82, 2.24) is 15.1 Å². The van der Waals surface area contributed by atoms with Crippen molar-refractivity contribution < 1.29 is 18.7 Å². The van der Waals surface area contributed by atoms with Crippen LogP contribution < -0.4 is 9.47 Å². The number of carbonyl (C=O) groups excluding carboxylic acids is 1. The maximum absolute atomic E-state index is 13.5. The Balaban J connectivity index is 1.28. The van der Waals surface area contributed by atoms with E-state index >= 15 is 0 Å². The van der Waals surface area contributed by atoms with E-state index < -0.39 is 0 Å². The Bertz CT molecular complexity index is 1120. The van der Waals surface area contributed by atoms with Crippen molar-refractivity contribution in [3.8, 4) is 22.8 Å². The molecule has 0 radical (unpaired) electrons. The first kappa shape index (κ1) is 20.5. The number of H-pyrrole nitrogens is 1. The molecule has 2 aliphatic rings. The number of para-hydroxylation sites is 1. The summed E-state index contributed by atoms with van der Waals surface area (Å²) in [6, 6.07) is 15.7. The van der Waals surface area contributed by atoms with Crippen LogP contribution in [-0.4, -0.2) is 46.8 Å². The van der Waals surface area contributed by atoms with Gasteiger partial charge in [-0.2, -0.15) is 5.10 Å². The lowest BCUT2D eigenvalue weighted by molar-refractivity contribution is 0.0756. The lowest BCUT2D eigenvalue weighted by atomic mass is 9.99. The molecule has 1 aromatic heterocycles. The standard InChI is InChI=1S/C25H26FN3O3/c1-2-31-23-9-4-3-8-19(23)21-13-22(28-27-21)25(30)29-14-16-10-11-24(20(16)15-29)32-18-7-5-6-17(26)12-18/h3-9,12-13,16,20,24H,2,10-11,14-15H2,1H3,(H,27,28)/t16-,20+,24-/m0/s1. The van der Waals surface area contributed by atoms with Gasteiger partial charge in [0, 0.05) is 30.6 Å². The van der Waals surface area contributed by atoms with Gasteiger partial charge >= 0.3 is 0 Å². The molecule has 1 aliphatic carbocycles. The molecule has 2 aromatic carbocycles. The topological polar surface area (TPSA) is 67.4 Å². The number of aromatic nitrogens is 2. The number of likely N-dealkylation sites (tertiary alicyclic amines) is 1. The molecule has 5 rings (SSSR count). The van der Waals surface area contributed by atoms with Gasteiger partial charge in [-0.05, 0) is 56.0 Å². The molecule has 1 amide bonds. The number of carbonyl (C=O) groups is 1. The van der Waals surface area contributed by atoms with Gasteiger partial charge in [0.2, 0.25) is 0 Å². The van der Waals surface area contributed by atoms with Gasteiger partial charge in [-0.1, -0.05) is 18.2 Å². The molecular formula is C25H26FN3O3. The fourth-order valence-electron chi connectivity index (χ4n) is 4.94. The van der Waals surface area contributed by atoms with Gasteiger partial charge in [0.15, 0.2) is 0 Å². The number of fused-ring (bicyclic) bond motifs is 1. The smallest absolute Gasteiger partial charge is 0.271 e. The second kappa shape index (κ2) is 8.65. The Morgan fingerprint density at radius 2 is 2.03 bits per heavy atom. The van der Waals surface area contributed by atoms with Gasteiger partial charge in [0.05, 0.1) is 12.3 Å². The lowest BCUT2D eigenvalue weighted by Crippen LogP contribution is -2.32. The monoisotopic (exact) mass is 435 g/mol. The summed E-state index contributed by atoms with van der Waals surface area (Å²) in [7, 11) is 0. The lowest BCUT2D eigenvalue weighted by Gasteiger charge is -2.21. The van der Waals surface area contributed by atoms with Crippen molar-refractivity contribution in [3.63, 3.8) is 0 Å². The minimum Gasteiger partial charge on any atom is -0.493 e. The third-order valence-electron chi connectivity index (χ3n) is 6.43. The molecule has 2 heterocycles. The molecule has 0 spiro atoms. The van der Waals surface area contributed by atoms with E-state index in [0.29, 0.717) is 42.8 Å². The highest BCUT2D eigenvalue weighted by molar-refractivity contribution is 5.93. The van der Waals surface area contributed by atoms with E-state index in [1.54, 1.807) is 18.2 Å². The summed E-state index contributed by atoms with van der Waals surface area (Å²) in [5.74, 6) is 1.58. The van der Waals surface area contributed by atoms with Crippen LogP contribution in [0.25, 0.3) is 11.3 Å². The van der Waals surface area contributed by atoms with Gasteiger partial charge in [-0.15, -0.1) is 0 Å². The van der Waals surface area contributed by atoms with E-state index in [2.05, 4.69) is 10.2 Å². The molecule has 3 atom stereocenters. The summed E-state index contributed by atoms with van der Waals surface area (Å²) in [5.41, 5.74) is 2.00. The molecular weight excluding hydrogens is 409 g/mol. The maximum atomic E-state index is 13.5. The highest BCUT2D eigenvalue weighted by Crippen LogP contribution is 2.40. The van der Waals surface area contributed by atoms with E-state index in [9.17, 15) is 9.18 Å². The number of aromatic amines is 1. The number of halogens is 1. The molecule has 0 unspecified atom stereocenters. The third-order valence-corrected chi connectivity index (χ3v) is 6.43. The van der Waals surface area contributed by atoms with Gasteiger partial charge in [-0.25, -0.2) is 4.39 Å². The Labute approximate surface area is 186 Å². The summed E-state index contributed by atoms with van der Waals surface area (Å²) in [5, 5.41) is 7.26. The molecule has 6 nitrogen and oxygen atoms in total. The van der Waals surface area contributed by atoms with Crippen molar-refractivity contribution in [2.75, 3.05) is 19.7 Å². The number of rotatable bonds is 6. The zero-order valence-corrected chi connectivity index (χ0v) is 18.0. The average molecular weight is 435 g/mol. The zero-order chi connectivity index (χ0) is 22.1. The number of benzene rings is 2. The van der Waals surface area contributed by atoms with Gasteiger partial charge in [0.25, 0.3) is 5.91 Å². The fraction of sp³-hybridized carbons (Fsp3) is 0.360. The van der Waals surface area contributed by atoms with Crippen molar-refractivity contribution in [2.45, 2.75) is 25.9 Å². The summed E-state index contributed by atoms with van der Waals surface area (Å²) in [6.07, 6.45) is 1.93. The van der Waals surface area contributed by atoms with E-state index in [1.807, 2.05) is 36.1 Å². The fourth-order valence-corrected chi connectivity index (χ4v) is 4.94. The van der Waals surface area contributed by atoms with Crippen LogP contribution in [0.15, 0.2) is 54.6 Å². The highest BCUT2D eigenvalue weighted by Gasteiger charge is 2.45. The molecule has 1 aliphatic heterocycles. The minimum atomic E-state index is -0.304. The molecule has 32 heavy (non-hydrogen) atoms. The Kier molecular flexibility index (Phi) is 5.55. The van der Waals surface area contributed by atoms with Crippen LogP contribution in [-0.2, 0) is 0 Å². The molecule has 3 aromatic rings. The molecule has 2 fully saturated rings. The molecule has 1 N–H and O–H groups in total. The van der Waals surface area contributed by atoms with Crippen LogP contribution in [0.5, 0.6) is 11.5 Å². The summed E-state index contributed by atoms with van der Waals surface area (Å²) < 4.78 is 25.3. The average Bonchev–Trinajstić information content (AvgIpc) is 3.51. The zero-order valence-electron chi connectivity index (χ0n) is 18.0. The molecule has 1 saturated heterocycles. The van der Waals surface area contributed by atoms with Crippen molar-refractivity contribution in [2.24, 2.45) is 11.8 Å². The minimum absolute atomic E-state index is 0.00463. The second-order valence-electron chi connectivity index (χ2n) is 8.42. The van der Waals surface area contributed by atoms with E-state index in [4.69, 9.17) is 9.47 Å². The Morgan fingerprint density at radius 3 is 2.88 bits per heavy atom. The number of hydrogen-bond donors (Lipinski definition) is 1. The van der Waals surface area contributed by atoms with Crippen LogP contribution in [0.3, 0.4) is 0 Å². The van der Waals surface area contributed by atoms with Gasteiger partial charge in [0.1, 0.15) is 29.1 Å². The molecule has 166 valence electrons.